The Hall–Kier alpha value is -1.71. The topological polar surface area (TPSA) is 77.8 Å². The van der Waals surface area contributed by atoms with Gasteiger partial charge in [0.05, 0.1) is 5.41 Å². The maximum absolute atomic E-state index is 11.2. The lowest BCUT2D eigenvalue weighted by Gasteiger charge is -2.14. The van der Waals surface area contributed by atoms with Gasteiger partial charge in [-0.15, -0.1) is 0 Å². The second-order valence-electron chi connectivity index (χ2n) is 8.91. The highest BCUT2D eigenvalue weighted by Gasteiger charge is 2.49. The van der Waals surface area contributed by atoms with E-state index in [0.29, 0.717) is 5.41 Å². The molecule has 3 rings (SSSR count). The molecule has 1 aromatic carbocycles. The van der Waals surface area contributed by atoms with E-state index in [9.17, 15) is 20.1 Å². The SMILES string of the molecule is CC1(CCCCc2cc(O)cc(O)c2CCCCC2(C(=O)O)CC2)CC1. The molecule has 26 heavy (non-hydrogen) atoms. The van der Waals surface area contributed by atoms with Gasteiger partial charge in [-0.1, -0.05) is 19.8 Å². The van der Waals surface area contributed by atoms with E-state index in [0.717, 1.165) is 62.5 Å². The van der Waals surface area contributed by atoms with Crippen LogP contribution in [-0.4, -0.2) is 21.3 Å². The van der Waals surface area contributed by atoms with Gasteiger partial charge in [-0.05, 0) is 86.8 Å². The number of unbranched alkanes of at least 4 members (excludes halogenated alkanes) is 2. The van der Waals surface area contributed by atoms with Crippen molar-refractivity contribution in [1.29, 1.82) is 0 Å². The zero-order valence-electron chi connectivity index (χ0n) is 15.9. The molecule has 2 fully saturated rings. The van der Waals surface area contributed by atoms with Gasteiger partial charge < -0.3 is 15.3 Å². The Morgan fingerprint density at radius 1 is 0.962 bits per heavy atom. The second kappa shape index (κ2) is 7.50. The van der Waals surface area contributed by atoms with Crippen molar-refractivity contribution in [3.63, 3.8) is 0 Å². The number of phenolic OH excluding ortho intramolecular Hbond substituents is 2. The quantitative estimate of drug-likeness (QED) is 0.475. The normalized spacial score (nSPS) is 19.3. The predicted molar refractivity (Wildman–Crippen MR) is 102 cm³/mol. The lowest BCUT2D eigenvalue weighted by atomic mass is 9.92. The lowest BCUT2D eigenvalue weighted by molar-refractivity contribution is -0.143. The van der Waals surface area contributed by atoms with Crippen molar-refractivity contribution in [2.24, 2.45) is 10.8 Å². The second-order valence-corrected chi connectivity index (χ2v) is 8.91. The number of carboxylic acids is 1. The van der Waals surface area contributed by atoms with Crippen LogP contribution in [0, 0.1) is 10.8 Å². The highest BCUT2D eigenvalue weighted by molar-refractivity contribution is 5.77. The summed E-state index contributed by atoms with van der Waals surface area (Å²) < 4.78 is 0. The molecule has 4 heteroatoms. The highest BCUT2D eigenvalue weighted by Crippen LogP contribution is 2.50. The number of carboxylic acid groups (broad SMARTS) is 1. The van der Waals surface area contributed by atoms with E-state index >= 15 is 0 Å². The molecule has 0 saturated heterocycles. The molecule has 0 unspecified atom stereocenters. The molecular weight excluding hydrogens is 328 g/mol. The first kappa shape index (κ1) is 19.1. The average molecular weight is 360 g/mol. The third-order valence-electron chi connectivity index (χ3n) is 6.52. The first-order valence-corrected chi connectivity index (χ1v) is 10.1. The summed E-state index contributed by atoms with van der Waals surface area (Å²) in [6.07, 6.45) is 11.9. The maximum Gasteiger partial charge on any atom is 0.309 e. The van der Waals surface area contributed by atoms with E-state index < -0.39 is 11.4 Å². The predicted octanol–water partition coefficient (Wildman–Crippen LogP) is 5.19. The molecule has 2 saturated carbocycles. The van der Waals surface area contributed by atoms with Crippen LogP contribution in [-0.2, 0) is 17.6 Å². The third kappa shape index (κ3) is 4.72. The summed E-state index contributed by atoms with van der Waals surface area (Å²) in [5.41, 5.74) is 2.09. The summed E-state index contributed by atoms with van der Waals surface area (Å²) in [6.45, 7) is 2.35. The van der Waals surface area contributed by atoms with E-state index in [1.807, 2.05) is 0 Å². The summed E-state index contributed by atoms with van der Waals surface area (Å²) in [5, 5.41) is 29.4. The fraction of sp³-hybridized carbons (Fsp3) is 0.682. The van der Waals surface area contributed by atoms with Crippen molar-refractivity contribution in [2.75, 3.05) is 0 Å². The maximum atomic E-state index is 11.2. The molecule has 0 aliphatic heterocycles. The highest BCUT2D eigenvalue weighted by atomic mass is 16.4. The molecule has 2 aliphatic carbocycles. The summed E-state index contributed by atoms with van der Waals surface area (Å²) in [6, 6.07) is 3.21. The van der Waals surface area contributed by atoms with Crippen LogP contribution in [0.1, 0.15) is 82.3 Å². The number of hydrogen-bond acceptors (Lipinski definition) is 3. The van der Waals surface area contributed by atoms with Crippen LogP contribution in [0.5, 0.6) is 11.5 Å². The van der Waals surface area contributed by atoms with E-state index in [4.69, 9.17) is 0 Å². The van der Waals surface area contributed by atoms with Crippen molar-refractivity contribution in [3.8, 4) is 11.5 Å². The molecule has 0 heterocycles. The molecule has 1 aromatic rings. The number of benzene rings is 1. The first-order valence-electron chi connectivity index (χ1n) is 10.1. The molecule has 0 spiro atoms. The number of hydrogen-bond donors (Lipinski definition) is 3. The smallest absolute Gasteiger partial charge is 0.309 e. The number of aromatic hydroxyl groups is 2. The van der Waals surface area contributed by atoms with Gasteiger partial charge in [0, 0.05) is 6.07 Å². The molecule has 0 atom stereocenters. The van der Waals surface area contributed by atoms with Gasteiger partial charge >= 0.3 is 5.97 Å². The van der Waals surface area contributed by atoms with Crippen LogP contribution in [0.2, 0.25) is 0 Å². The Morgan fingerprint density at radius 2 is 1.62 bits per heavy atom. The number of aryl methyl sites for hydroxylation is 1. The van der Waals surface area contributed by atoms with E-state index in [1.165, 1.54) is 31.7 Å². The molecule has 0 aromatic heterocycles. The zero-order chi connectivity index (χ0) is 18.8. The molecule has 0 radical (unpaired) electrons. The minimum atomic E-state index is -0.657. The van der Waals surface area contributed by atoms with E-state index in [2.05, 4.69) is 6.92 Å². The van der Waals surface area contributed by atoms with Crippen molar-refractivity contribution in [2.45, 2.75) is 84.0 Å². The standard InChI is InChI=1S/C22H32O4/c1-21(10-11-21)8-4-2-6-16-14-17(23)15-19(24)18(16)7-3-5-9-22(12-13-22)20(25)26/h14-15,23-24H,2-13H2,1H3,(H,25,26). The van der Waals surface area contributed by atoms with Crippen LogP contribution in [0.25, 0.3) is 0 Å². The molecule has 0 bridgehead atoms. The van der Waals surface area contributed by atoms with E-state index in [-0.39, 0.29) is 11.5 Å². The van der Waals surface area contributed by atoms with Crippen LogP contribution in [0.3, 0.4) is 0 Å². The van der Waals surface area contributed by atoms with Crippen molar-refractivity contribution in [1.82, 2.24) is 0 Å². The van der Waals surface area contributed by atoms with Crippen molar-refractivity contribution >= 4 is 5.97 Å². The molecule has 4 nitrogen and oxygen atoms in total. The van der Waals surface area contributed by atoms with Gasteiger partial charge in [-0.2, -0.15) is 0 Å². The van der Waals surface area contributed by atoms with Gasteiger partial charge in [0.15, 0.2) is 0 Å². The Morgan fingerprint density at radius 3 is 2.23 bits per heavy atom. The monoisotopic (exact) mass is 360 g/mol. The number of phenols is 2. The van der Waals surface area contributed by atoms with Crippen LogP contribution in [0.4, 0.5) is 0 Å². The Bertz CT molecular complexity index is 656. The Balaban J connectivity index is 1.50. The fourth-order valence-electron chi connectivity index (χ4n) is 4.03. The van der Waals surface area contributed by atoms with Crippen LogP contribution in [0.15, 0.2) is 12.1 Å². The minimum Gasteiger partial charge on any atom is -0.508 e. The van der Waals surface area contributed by atoms with Gasteiger partial charge in [-0.3, -0.25) is 4.79 Å². The van der Waals surface area contributed by atoms with E-state index in [1.54, 1.807) is 6.07 Å². The summed E-state index contributed by atoms with van der Waals surface area (Å²) in [4.78, 5) is 11.2. The molecule has 144 valence electrons. The van der Waals surface area contributed by atoms with Crippen LogP contribution < -0.4 is 0 Å². The van der Waals surface area contributed by atoms with Gasteiger partial charge in [-0.25, -0.2) is 0 Å². The fourth-order valence-corrected chi connectivity index (χ4v) is 4.03. The molecule has 2 aliphatic rings. The average Bonchev–Trinajstić information content (AvgIpc) is 3.48. The molecular formula is C22H32O4. The minimum absolute atomic E-state index is 0.123. The summed E-state index contributed by atoms with van der Waals surface area (Å²) >= 11 is 0. The Labute approximate surface area is 156 Å². The largest absolute Gasteiger partial charge is 0.508 e. The Kier molecular flexibility index (Phi) is 5.50. The lowest BCUT2D eigenvalue weighted by Crippen LogP contribution is -2.14. The summed E-state index contributed by atoms with van der Waals surface area (Å²) in [7, 11) is 0. The van der Waals surface area contributed by atoms with Crippen molar-refractivity contribution < 1.29 is 20.1 Å². The summed E-state index contributed by atoms with van der Waals surface area (Å²) in [5.74, 6) is -0.359. The third-order valence-corrected chi connectivity index (χ3v) is 6.52. The van der Waals surface area contributed by atoms with Crippen LogP contribution >= 0.6 is 0 Å². The van der Waals surface area contributed by atoms with Gasteiger partial charge in [0.25, 0.3) is 0 Å². The first-order chi connectivity index (χ1) is 12.3. The number of aliphatic carboxylic acids is 1. The van der Waals surface area contributed by atoms with Crippen molar-refractivity contribution in [3.05, 3.63) is 23.3 Å². The van der Waals surface area contributed by atoms with Gasteiger partial charge in [0.2, 0.25) is 0 Å². The van der Waals surface area contributed by atoms with Gasteiger partial charge in [0.1, 0.15) is 11.5 Å². The zero-order valence-corrected chi connectivity index (χ0v) is 15.9. The number of carbonyl (C=O) groups is 1. The number of rotatable bonds is 11. The molecule has 0 amide bonds. The molecule has 3 N–H and O–H groups in total.